The van der Waals surface area contributed by atoms with Crippen molar-refractivity contribution in [2.75, 3.05) is 0 Å². The molecule has 19 heavy (non-hydrogen) atoms. The van der Waals surface area contributed by atoms with Crippen molar-refractivity contribution < 1.29 is 31.9 Å². The first-order valence-corrected chi connectivity index (χ1v) is 5.35. The maximum atomic E-state index is 12.8. The van der Waals surface area contributed by atoms with E-state index in [1.807, 2.05) is 0 Å². The second-order valence-corrected chi connectivity index (χ2v) is 3.78. The maximum absolute atomic E-state index is 12.8. The van der Waals surface area contributed by atoms with Gasteiger partial charge in [-0.1, -0.05) is 0 Å². The Morgan fingerprint density at radius 1 is 1.42 bits per heavy atom. The van der Waals surface area contributed by atoms with Gasteiger partial charge in [0.05, 0.1) is 23.6 Å². The summed E-state index contributed by atoms with van der Waals surface area (Å²) in [5, 5.41) is 8.59. The Morgan fingerprint density at radius 2 is 2.00 bits per heavy atom. The lowest BCUT2D eigenvalue weighted by molar-refractivity contribution is -0.140. The van der Waals surface area contributed by atoms with E-state index >= 15 is 0 Å². The van der Waals surface area contributed by atoms with Crippen LogP contribution in [0.25, 0.3) is 0 Å². The van der Waals surface area contributed by atoms with Crippen LogP contribution in [-0.4, -0.2) is 16.1 Å². The standard InChI is InChI=1S/C10H7ClF5NO2/c11-2-6-4(1-7(18)19)8(9(12)13)5(3-17-6)10(14,15)16/h3,9H,1-2H2,(H,18,19). The molecule has 1 heterocycles. The Bertz CT molecular complexity index is 490. The molecule has 1 aromatic heterocycles. The number of nitrogens with zero attached hydrogens (tertiary/aromatic N) is 1. The highest BCUT2D eigenvalue weighted by Gasteiger charge is 2.38. The fourth-order valence-corrected chi connectivity index (χ4v) is 1.78. The molecule has 106 valence electrons. The largest absolute Gasteiger partial charge is 0.481 e. The van der Waals surface area contributed by atoms with Gasteiger partial charge in [-0.05, 0) is 5.56 Å². The van der Waals surface area contributed by atoms with Crippen LogP contribution < -0.4 is 0 Å². The van der Waals surface area contributed by atoms with Gasteiger partial charge in [0, 0.05) is 11.8 Å². The van der Waals surface area contributed by atoms with Gasteiger partial charge in [-0.2, -0.15) is 13.2 Å². The van der Waals surface area contributed by atoms with E-state index in [0.717, 1.165) is 0 Å². The van der Waals surface area contributed by atoms with Gasteiger partial charge in [-0.25, -0.2) is 8.78 Å². The molecule has 1 rings (SSSR count). The molecule has 0 amide bonds. The minimum atomic E-state index is -5.04. The molecule has 0 saturated heterocycles. The molecule has 0 aliphatic carbocycles. The zero-order valence-corrected chi connectivity index (χ0v) is 9.90. The van der Waals surface area contributed by atoms with Crippen molar-refractivity contribution in [3.63, 3.8) is 0 Å². The fraction of sp³-hybridized carbons (Fsp3) is 0.400. The van der Waals surface area contributed by atoms with Crippen LogP contribution in [0.5, 0.6) is 0 Å². The van der Waals surface area contributed by atoms with Gasteiger partial charge in [0.2, 0.25) is 0 Å². The normalized spacial score (nSPS) is 11.9. The molecule has 0 atom stereocenters. The van der Waals surface area contributed by atoms with E-state index in [1.165, 1.54) is 0 Å². The van der Waals surface area contributed by atoms with Crippen LogP contribution in [0, 0.1) is 0 Å². The van der Waals surface area contributed by atoms with Crippen LogP contribution in [0.1, 0.15) is 28.8 Å². The van der Waals surface area contributed by atoms with Gasteiger partial charge >= 0.3 is 12.1 Å². The van der Waals surface area contributed by atoms with Gasteiger partial charge in [0.25, 0.3) is 6.43 Å². The van der Waals surface area contributed by atoms with Crippen LogP contribution in [0.15, 0.2) is 6.20 Å². The van der Waals surface area contributed by atoms with E-state index in [9.17, 15) is 26.7 Å². The van der Waals surface area contributed by atoms with Crippen molar-refractivity contribution in [1.82, 2.24) is 4.98 Å². The number of aliphatic carboxylic acids is 1. The molecule has 0 unspecified atom stereocenters. The van der Waals surface area contributed by atoms with Crippen molar-refractivity contribution in [2.24, 2.45) is 0 Å². The number of alkyl halides is 6. The Balaban J connectivity index is 3.58. The zero-order chi connectivity index (χ0) is 14.8. The van der Waals surface area contributed by atoms with E-state index in [0.29, 0.717) is 0 Å². The van der Waals surface area contributed by atoms with Gasteiger partial charge in [0.15, 0.2) is 0 Å². The summed E-state index contributed by atoms with van der Waals surface area (Å²) >= 11 is 5.38. The van der Waals surface area contributed by atoms with Gasteiger partial charge in [0.1, 0.15) is 0 Å². The molecule has 0 bridgehead atoms. The van der Waals surface area contributed by atoms with Crippen LogP contribution in [0.4, 0.5) is 22.0 Å². The van der Waals surface area contributed by atoms with E-state index in [-0.39, 0.29) is 11.9 Å². The summed E-state index contributed by atoms with van der Waals surface area (Å²) in [7, 11) is 0. The summed E-state index contributed by atoms with van der Waals surface area (Å²) in [6.45, 7) is 0. The molecule has 0 aromatic carbocycles. The number of pyridine rings is 1. The van der Waals surface area contributed by atoms with Crippen molar-refractivity contribution in [2.45, 2.75) is 24.9 Å². The molecule has 3 nitrogen and oxygen atoms in total. The van der Waals surface area contributed by atoms with Crippen molar-refractivity contribution in [3.05, 3.63) is 28.6 Å². The first-order valence-electron chi connectivity index (χ1n) is 4.82. The van der Waals surface area contributed by atoms with E-state index < -0.39 is 47.6 Å². The number of carbonyl (C=O) groups is 1. The molecule has 9 heteroatoms. The molecule has 1 N–H and O–H groups in total. The van der Waals surface area contributed by atoms with Crippen LogP contribution in [-0.2, 0) is 23.3 Å². The van der Waals surface area contributed by atoms with Crippen molar-refractivity contribution in [1.29, 1.82) is 0 Å². The summed E-state index contributed by atoms with van der Waals surface area (Å²) in [4.78, 5) is 13.9. The lowest BCUT2D eigenvalue weighted by atomic mass is 9.99. The smallest absolute Gasteiger partial charge is 0.418 e. The predicted octanol–water partition coefficient (Wildman–Crippen LogP) is 3.40. The summed E-state index contributed by atoms with van der Waals surface area (Å²) in [5.41, 5.74) is -4.01. The highest BCUT2D eigenvalue weighted by Crippen LogP contribution is 2.38. The van der Waals surface area contributed by atoms with Gasteiger partial charge in [-0.15, -0.1) is 11.6 Å². The van der Waals surface area contributed by atoms with Gasteiger partial charge in [-0.3, -0.25) is 9.78 Å². The van der Waals surface area contributed by atoms with Crippen molar-refractivity contribution >= 4 is 17.6 Å². The lowest BCUT2D eigenvalue weighted by Gasteiger charge is -2.17. The lowest BCUT2D eigenvalue weighted by Crippen LogP contribution is -2.17. The Kier molecular flexibility index (Phi) is 4.67. The monoisotopic (exact) mass is 303 g/mol. The Morgan fingerprint density at radius 3 is 2.37 bits per heavy atom. The second-order valence-electron chi connectivity index (χ2n) is 3.51. The summed E-state index contributed by atoms with van der Waals surface area (Å²) in [6.07, 6.45) is -9.28. The minimum absolute atomic E-state index is 0.241. The molecule has 0 radical (unpaired) electrons. The first-order chi connectivity index (χ1) is 8.68. The molecular weight excluding hydrogens is 297 g/mol. The minimum Gasteiger partial charge on any atom is -0.481 e. The SMILES string of the molecule is O=C(O)Cc1c(CCl)ncc(C(F)(F)F)c1C(F)F. The number of aromatic nitrogens is 1. The molecule has 0 saturated carbocycles. The molecule has 0 aliphatic rings. The second kappa shape index (κ2) is 5.68. The number of halogens is 6. The van der Waals surface area contributed by atoms with E-state index in [2.05, 4.69) is 4.98 Å². The number of hydrogen-bond acceptors (Lipinski definition) is 2. The van der Waals surface area contributed by atoms with Crippen molar-refractivity contribution in [3.8, 4) is 0 Å². The topological polar surface area (TPSA) is 50.2 Å². The highest BCUT2D eigenvalue weighted by atomic mass is 35.5. The average Bonchev–Trinajstić information content (AvgIpc) is 2.25. The third-order valence-corrected chi connectivity index (χ3v) is 2.54. The molecule has 1 aromatic rings. The maximum Gasteiger partial charge on any atom is 0.418 e. The fourth-order valence-electron chi connectivity index (χ4n) is 1.55. The van der Waals surface area contributed by atoms with Gasteiger partial charge < -0.3 is 5.11 Å². The molecular formula is C10H7ClF5NO2. The summed E-state index contributed by atoms with van der Waals surface area (Å²) in [6, 6.07) is 0. The summed E-state index contributed by atoms with van der Waals surface area (Å²) in [5.74, 6) is -2.00. The first kappa shape index (κ1) is 15.6. The summed E-state index contributed by atoms with van der Waals surface area (Å²) < 4.78 is 63.5. The average molecular weight is 304 g/mol. The third-order valence-electron chi connectivity index (χ3n) is 2.29. The number of carboxylic acids is 1. The van der Waals surface area contributed by atoms with E-state index in [1.54, 1.807) is 0 Å². The Hall–Kier alpha value is -1.44. The molecule has 0 aliphatic heterocycles. The van der Waals surface area contributed by atoms with E-state index in [4.69, 9.17) is 16.7 Å². The van der Waals surface area contributed by atoms with Crippen LogP contribution >= 0.6 is 11.6 Å². The van der Waals surface area contributed by atoms with Crippen LogP contribution in [0.3, 0.4) is 0 Å². The number of rotatable bonds is 4. The molecule has 0 spiro atoms. The number of carboxylic acid groups (broad SMARTS) is 1. The third kappa shape index (κ3) is 3.52. The predicted molar refractivity (Wildman–Crippen MR) is 55.1 cm³/mol. The molecule has 0 fully saturated rings. The zero-order valence-electron chi connectivity index (χ0n) is 9.14. The highest BCUT2D eigenvalue weighted by molar-refractivity contribution is 6.17. The number of hydrogen-bond donors (Lipinski definition) is 1. The Labute approximate surface area is 109 Å². The van der Waals surface area contributed by atoms with Crippen LogP contribution in [0.2, 0.25) is 0 Å². The quantitative estimate of drug-likeness (QED) is 0.685.